The highest BCUT2D eigenvalue weighted by Crippen LogP contribution is 2.24. The molecule has 0 aliphatic heterocycles. The Morgan fingerprint density at radius 1 is 1.13 bits per heavy atom. The first-order valence-electron chi connectivity index (χ1n) is 4.43. The van der Waals surface area contributed by atoms with Gasteiger partial charge >= 0.3 is 0 Å². The molecule has 1 heterocycles. The summed E-state index contributed by atoms with van der Waals surface area (Å²) in [5.74, 6) is 1.31. The van der Waals surface area contributed by atoms with Gasteiger partial charge in [0.15, 0.2) is 0 Å². The molecule has 0 saturated heterocycles. The van der Waals surface area contributed by atoms with Crippen molar-refractivity contribution in [1.82, 2.24) is 10.2 Å². The Kier molecular flexibility index (Phi) is 4.00. The molecule has 0 fully saturated rings. The van der Waals surface area contributed by atoms with Gasteiger partial charge in [0.2, 0.25) is 0 Å². The van der Waals surface area contributed by atoms with Crippen LogP contribution in [0.3, 0.4) is 0 Å². The number of aromatic nitrogens is 2. The number of thioether (sulfide) groups is 1. The standard InChI is InChI=1S/C10H9ClN2S2/c11-6-9-12-13-10(15-9)7-14-8-4-2-1-3-5-8/h1-5H,6-7H2. The van der Waals surface area contributed by atoms with Crippen molar-refractivity contribution in [2.75, 3.05) is 0 Å². The molecule has 5 heteroatoms. The number of halogens is 1. The zero-order valence-corrected chi connectivity index (χ0v) is 10.3. The van der Waals surface area contributed by atoms with Gasteiger partial charge in [-0.1, -0.05) is 29.5 Å². The quantitative estimate of drug-likeness (QED) is 0.618. The highest BCUT2D eigenvalue weighted by atomic mass is 35.5. The lowest BCUT2D eigenvalue weighted by Gasteiger charge is -1.96. The molecule has 0 radical (unpaired) electrons. The van der Waals surface area contributed by atoms with E-state index in [-0.39, 0.29) is 0 Å². The minimum absolute atomic E-state index is 0.452. The summed E-state index contributed by atoms with van der Waals surface area (Å²) in [5, 5.41) is 9.95. The Labute approximate surface area is 102 Å². The third-order valence-electron chi connectivity index (χ3n) is 1.73. The van der Waals surface area contributed by atoms with Crippen molar-refractivity contribution in [2.45, 2.75) is 16.5 Å². The molecule has 0 spiro atoms. The highest BCUT2D eigenvalue weighted by molar-refractivity contribution is 7.98. The summed E-state index contributed by atoms with van der Waals surface area (Å²) in [4.78, 5) is 1.25. The van der Waals surface area contributed by atoms with Gasteiger partial charge in [0.1, 0.15) is 10.0 Å². The van der Waals surface area contributed by atoms with Crippen LogP contribution in [0.25, 0.3) is 0 Å². The number of nitrogens with zero attached hydrogens (tertiary/aromatic N) is 2. The monoisotopic (exact) mass is 256 g/mol. The lowest BCUT2D eigenvalue weighted by molar-refractivity contribution is 1.00. The maximum absolute atomic E-state index is 5.66. The molecule has 2 aromatic rings. The van der Waals surface area contributed by atoms with Crippen LogP contribution in [-0.2, 0) is 11.6 Å². The van der Waals surface area contributed by atoms with Gasteiger partial charge in [-0.15, -0.1) is 33.6 Å². The highest BCUT2D eigenvalue weighted by Gasteiger charge is 2.03. The summed E-state index contributed by atoms with van der Waals surface area (Å²) in [6.07, 6.45) is 0. The van der Waals surface area contributed by atoms with Crippen LogP contribution in [0, 0.1) is 0 Å². The van der Waals surface area contributed by atoms with Crippen LogP contribution < -0.4 is 0 Å². The summed E-state index contributed by atoms with van der Waals surface area (Å²) in [7, 11) is 0. The minimum atomic E-state index is 0.452. The first-order chi connectivity index (χ1) is 7.38. The molecule has 0 saturated carbocycles. The van der Waals surface area contributed by atoms with Crippen LogP contribution in [0.4, 0.5) is 0 Å². The van der Waals surface area contributed by atoms with E-state index in [1.54, 1.807) is 23.1 Å². The van der Waals surface area contributed by atoms with E-state index in [4.69, 9.17) is 11.6 Å². The van der Waals surface area contributed by atoms with Crippen molar-refractivity contribution in [3.8, 4) is 0 Å². The Bertz CT molecular complexity index is 416. The molecule has 1 aromatic carbocycles. The Morgan fingerprint density at radius 2 is 1.87 bits per heavy atom. The molecule has 2 rings (SSSR count). The molecular weight excluding hydrogens is 248 g/mol. The molecule has 0 aliphatic rings. The van der Waals surface area contributed by atoms with E-state index < -0.39 is 0 Å². The molecule has 0 aliphatic carbocycles. The van der Waals surface area contributed by atoms with E-state index in [1.165, 1.54) is 4.90 Å². The largest absolute Gasteiger partial charge is 0.143 e. The number of alkyl halides is 1. The molecule has 0 N–H and O–H groups in total. The molecule has 15 heavy (non-hydrogen) atoms. The van der Waals surface area contributed by atoms with Crippen LogP contribution in [0.2, 0.25) is 0 Å². The van der Waals surface area contributed by atoms with E-state index in [1.807, 2.05) is 18.2 Å². The number of rotatable bonds is 4. The predicted molar refractivity (Wildman–Crippen MR) is 65.5 cm³/mol. The maximum Gasteiger partial charge on any atom is 0.132 e. The van der Waals surface area contributed by atoms with Crippen LogP contribution >= 0.6 is 34.7 Å². The second-order valence-electron chi connectivity index (χ2n) is 2.82. The van der Waals surface area contributed by atoms with Gasteiger partial charge < -0.3 is 0 Å². The summed E-state index contributed by atoms with van der Waals surface area (Å²) in [5.41, 5.74) is 0. The zero-order chi connectivity index (χ0) is 10.5. The van der Waals surface area contributed by atoms with Gasteiger partial charge in [-0.05, 0) is 12.1 Å². The molecule has 0 bridgehead atoms. The SMILES string of the molecule is ClCc1nnc(CSc2ccccc2)s1. The van der Waals surface area contributed by atoms with Crippen molar-refractivity contribution < 1.29 is 0 Å². The molecule has 2 nitrogen and oxygen atoms in total. The average molecular weight is 257 g/mol. The van der Waals surface area contributed by atoms with E-state index in [9.17, 15) is 0 Å². The second kappa shape index (κ2) is 5.49. The predicted octanol–water partition coefficient (Wildman–Crippen LogP) is 3.57. The lowest BCUT2D eigenvalue weighted by Crippen LogP contribution is -1.79. The number of hydrogen-bond donors (Lipinski definition) is 0. The molecule has 1 aromatic heterocycles. The Balaban J connectivity index is 1.93. The molecule has 0 amide bonds. The second-order valence-corrected chi connectivity index (χ2v) is 5.29. The first kappa shape index (κ1) is 10.9. The van der Waals surface area contributed by atoms with E-state index in [0.29, 0.717) is 5.88 Å². The summed E-state index contributed by atoms with van der Waals surface area (Å²) in [6, 6.07) is 10.3. The fourth-order valence-electron chi connectivity index (χ4n) is 1.06. The Hall–Kier alpha value is -0.580. The van der Waals surface area contributed by atoms with Gasteiger partial charge in [-0.3, -0.25) is 0 Å². The maximum atomic E-state index is 5.66. The van der Waals surface area contributed by atoms with E-state index >= 15 is 0 Å². The first-order valence-corrected chi connectivity index (χ1v) is 6.77. The summed E-state index contributed by atoms with van der Waals surface area (Å²) >= 11 is 9.00. The van der Waals surface area contributed by atoms with Crippen molar-refractivity contribution >= 4 is 34.7 Å². The van der Waals surface area contributed by atoms with Crippen LogP contribution in [0.1, 0.15) is 10.0 Å². The third-order valence-corrected chi connectivity index (χ3v) is 4.27. The third kappa shape index (κ3) is 3.19. The molecule has 0 atom stereocenters. The van der Waals surface area contributed by atoms with Crippen LogP contribution in [0.5, 0.6) is 0 Å². The van der Waals surface area contributed by atoms with E-state index in [0.717, 1.165) is 15.8 Å². The normalized spacial score (nSPS) is 10.5. The summed E-state index contributed by atoms with van der Waals surface area (Å²) in [6.45, 7) is 0. The van der Waals surface area contributed by atoms with Gasteiger partial charge in [0.25, 0.3) is 0 Å². The van der Waals surface area contributed by atoms with Gasteiger partial charge in [0.05, 0.1) is 11.6 Å². The fourth-order valence-corrected chi connectivity index (χ4v) is 2.88. The number of hydrogen-bond acceptors (Lipinski definition) is 4. The average Bonchev–Trinajstić information content (AvgIpc) is 2.76. The lowest BCUT2D eigenvalue weighted by atomic mass is 10.4. The minimum Gasteiger partial charge on any atom is -0.143 e. The molecule has 78 valence electrons. The molecule has 0 unspecified atom stereocenters. The van der Waals surface area contributed by atoms with Crippen LogP contribution in [-0.4, -0.2) is 10.2 Å². The molecular formula is C10H9ClN2S2. The zero-order valence-electron chi connectivity index (χ0n) is 7.89. The smallest absolute Gasteiger partial charge is 0.132 e. The topological polar surface area (TPSA) is 25.8 Å². The van der Waals surface area contributed by atoms with Crippen molar-refractivity contribution in [1.29, 1.82) is 0 Å². The van der Waals surface area contributed by atoms with Gasteiger partial charge in [-0.2, -0.15) is 0 Å². The van der Waals surface area contributed by atoms with Crippen molar-refractivity contribution in [3.63, 3.8) is 0 Å². The van der Waals surface area contributed by atoms with Crippen molar-refractivity contribution in [2.24, 2.45) is 0 Å². The van der Waals surface area contributed by atoms with E-state index in [2.05, 4.69) is 22.3 Å². The fraction of sp³-hybridized carbons (Fsp3) is 0.200. The van der Waals surface area contributed by atoms with Crippen LogP contribution in [0.15, 0.2) is 35.2 Å². The van der Waals surface area contributed by atoms with Gasteiger partial charge in [-0.25, -0.2) is 0 Å². The van der Waals surface area contributed by atoms with Gasteiger partial charge in [0, 0.05) is 4.90 Å². The summed E-state index contributed by atoms with van der Waals surface area (Å²) < 4.78 is 0. The van der Waals surface area contributed by atoms with Crippen molar-refractivity contribution in [3.05, 3.63) is 40.3 Å². The Morgan fingerprint density at radius 3 is 2.53 bits per heavy atom. The number of benzene rings is 1.